The van der Waals surface area contributed by atoms with E-state index >= 15 is 0 Å². The summed E-state index contributed by atoms with van der Waals surface area (Å²) in [4.78, 5) is 25.1. The molecule has 0 radical (unpaired) electrons. The molecule has 0 saturated heterocycles. The third-order valence-electron chi connectivity index (χ3n) is 8.45. The van der Waals surface area contributed by atoms with Crippen LogP contribution in [-0.4, -0.2) is 41.4 Å². The van der Waals surface area contributed by atoms with Crippen LogP contribution in [0.3, 0.4) is 0 Å². The zero-order chi connectivity index (χ0) is 37.6. The zero-order valence-electron chi connectivity index (χ0n) is 27.5. The van der Waals surface area contributed by atoms with E-state index in [0.717, 1.165) is 41.0 Å². The fraction of sp³-hybridized carbons (Fsp3) is 0.278. The Morgan fingerprint density at radius 2 is 1.41 bits per heavy atom. The molecule has 0 aromatic heterocycles. The minimum absolute atomic E-state index is 0.0931. The molecule has 0 aliphatic heterocycles. The van der Waals surface area contributed by atoms with Gasteiger partial charge in [0.05, 0.1) is 13.1 Å². The van der Waals surface area contributed by atoms with Gasteiger partial charge in [-0.05, 0) is 76.8 Å². The Morgan fingerprint density at radius 1 is 0.824 bits per heavy atom. The summed E-state index contributed by atoms with van der Waals surface area (Å²) in [5.41, 5.74) is 1.62. The first kappa shape index (κ1) is 37.7. The van der Waals surface area contributed by atoms with Gasteiger partial charge in [-0.15, -0.1) is 0 Å². The summed E-state index contributed by atoms with van der Waals surface area (Å²) in [5, 5.41) is 20.1. The van der Waals surface area contributed by atoms with E-state index in [-0.39, 0.29) is 38.5 Å². The van der Waals surface area contributed by atoms with Crippen LogP contribution in [0.4, 0.5) is 27.6 Å². The highest BCUT2D eigenvalue weighted by Gasteiger charge is 2.39. The van der Waals surface area contributed by atoms with Crippen molar-refractivity contribution in [2.45, 2.75) is 62.9 Å². The number of anilines is 1. The van der Waals surface area contributed by atoms with Crippen LogP contribution in [0.5, 0.6) is 5.75 Å². The number of halogens is 6. The van der Waals surface area contributed by atoms with Gasteiger partial charge in [0, 0.05) is 17.3 Å². The second-order valence-electron chi connectivity index (χ2n) is 13.3. The SMILES string of the molecule is CC(C)(C)c1cc(CN(C(=O)CN(Cc2ccc(Cl)cc2)S(=O)(=O)c2c(F)c(F)c(F)c(F)c2F)c2ccc(O)c(C(=O)O)c2)cc(C2CC2)c1. The quantitative estimate of drug-likeness (QED) is 0.0912. The fourth-order valence-corrected chi connectivity index (χ4v) is 7.08. The van der Waals surface area contributed by atoms with E-state index < -0.39 is 80.3 Å². The molecule has 0 bridgehead atoms. The van der Waals surface area contributed by atoms with Gasteiger partial charge in [0.25, 0.3) is 0 Å². The van der Waals surface area contributed by atoms with Crippen LogP contribution < -0.4 is 4.90 Å². The number of nitrogens with zero attached hydrogens (tertiary/aromatic N) is 2. The average molecular weight is 751 g/mol. The van der Waals surface area contributed by atoms with Crippen LogP contribution in [0.2, 0.25) is 5.02 Å². The topological polar surface area (TPSA) is 115 Å². The van der Waals surface area contributed by atoms with E-state index in [4.69, 9.17) is 11.6 Å². The summed E-state index contributed by atoms with van der Waals surface area (Å²) < 4.78 is 100. The average Bonchev–Trinajstić information content (AvgIpc) is 3.92. The normalized spacial score (nSPS) is 13.5. The van der Waals surface area contributed by atoms with Gasteiger partial charge >= 0.3 is 5.97 Å². The highest BCUT2D eigenvalue weighted by Crippen LogP contribution is 2.42. The van der Waals surface area contributed by atoms with Crippen molar-refractivity contribution in [1.29, 1.82) is 0 Å². The van der Waals surface area contributed by atoms with Crippen molar-refractivity contribution < 1.29 is 50.2 Å². The number of hydrogen-bond acceptors (Lipinski definition) is 5. The molecule has 0 atom stereocenters. The molecule has 0 spiro atoms. The lowest BCUT2D eigenvalue weighted by molar-refractivity contribution is -0.119. The summed E-state index contributed by atoms with van der Waals surface area (Å²) in [6.07, 6.45) is 1.90. The summed E-state index contributed by atoms with van der Waals surface area (Å²) in [7, 11) is -5.66. The lowest BCUT2D eigenvalue weighted by Crippen LogP contribution is -2.43. The Morgan fingerprint density at radius 3 is 1.96 bits per heavy atom. The summed E-state index contributed by atoms with van der Waals surface area (Å²) in [5.74, 6) is -15.7. The van der Waals surface area contributed by atoms with E-state index in [1.807, 2.05) is 32.9 Å². The lowest BCUT2D eigenvalue weighted by atomic mass is 9.84. The molecular weight excluding hydrogens is 719 g/mol. The molecule has 2 N–H and O–H groups in total. The molecule has 0 unspecified atom stereocenters. The van der Waals surface area contributed by atoms with Crippen LogP contribution >= 0.6 is 11.6 Å². The summed E-state index contributed by atoms with van der Waals surface area (Å²) in [6.45, 7) is 3.73. The first-order valence-electron chi connectivity index (χ1n) is 15.6. The second-order valence-corrected chi connectivity index (χ2v) is 15.6. The van der Waals surface area contributed by atoms with E-state index in [0.29, 0.717) is 5.56 Å². The number of hydrogen-bond donors (Lipinski definition) is 2. The van der Waals surface area contributed by atoms with E-state index in [1.165, 1.54) is 30.3 Å². The standard InChI is InChI=1S/C36H32ClF5N2O6S/c1-36(2,3)23-13-20(12-22(14-23)21-6-7-21)17-44(25-10-11-27(45)26(15-25)35(47)48)28(46)18-43(16-19-4-8-24(37)9-5-19)51(49,50)34-32(41)30(39)29(38)31(40)33(34)42/h4-5,8-15,21,45H,6-7,16-18H2,1-3H3,(H,47,48). The molecule has 270 valence electrons. The lowest BCUT2D eigenvalue weighted by Gasteiger charge is -2.29. The highest BCUT2D eigenvalue weighted by atomic mass is 35.5. The number of phenols is 1. The minimum atomic E-state index is -5.66. The number of rotatable bonds is 11. The van der Waals surface area contributed by atoms with Gasteiger partial charge < -0.3 is 15.1 Å². The number of carboxylic acid groups (broad SMARTS) is 1. The summed E-state index contributed by atoms with van der Waals surface area (Å²) in [6, 6.07) is 14.4. The van der Waals surface area contributed by atoms with Crippen LogP contribution in [0, 0.1) is 29.1 Å². The van der Waals surface area contributed by atoms with Crippen molar-refractivity contribution in [3.63, 3.8) is 0 Å². The van der Waals surface area contributed by atoms with Crippen molar-refractivity contribution in [1.82, 2.24) is 4.31 Å². The first-order valence-corrected chi connectivity index (χ1v) is 17.4. The Kier molecular flexibility index (Phi) is 10.5. The van der Waals surface area contributed by atoms with Crippen LogP contribution in [0.15, 0.2) is 65.6 Å². The number of sulfonamides is 1. The van der Waals surface area contributed by atoms with E-state index in [1.54, 1.807) is 0 Å². The molecular formula is C36H32ClF5N2O6S. The zero-order valence-corrected chi connectivity index (χ0v) is 29.1. The summed E-state index contributed by atoms with van der Waals surface area (Å²) >= 11 is 5.95. The molecule has 15 heteroatoms. The highest BCUT2D eigenvalue weighted by molar-refractivity contribution is 7.89. The van der Waals surface area contributed by atoms with Crippen molar-refractivity contribution in [2.24, 2.45) is 0 Å². The maximum atomic E-state index is 15.0. The van der Waals surface area contributed by atoms with E-state index in [2.05, 4.69) is 6.07 Å². The molecule has 1 saturated carbocycles. The Hall–Kier alpha value is -4.53. The Bertz CT molecular complexity index is 2110. The minimum Gasteiger partial charge on any atom is -0.507 e. The fourth-order valence-electron chi connectivity index (χ4n) is 5.46. The maximum absolute atomic E-state index is 15.0. The number of carboxylic acids is 1. The number of aromatic hydroxyl groups is 1. The third-order valence-corrected chi connectivity index (χ3v) is 10.5. The van der Waals surface area contributed by atoms with Gasteiger partial charge in [-0.2, -0.15) is 4.31 Å². The third kappa shape index (κ3) is 8.03. The van der Waals surface area contributed by atoms with Gasteiger partial charge in [0.15, 0.2) is 28.2 Å². The van der Waals surface area contributed by atoms with Crippen molar-refractivity contribution in [3.8, 4) is 5.75 Å². The predicted octanol–water partition coefficient (Wildman–Crippen LogP) is 8.04. The number of carbonyl (C=O) groups excluding carboxylic acids is 1. The molecule has 1 aliphatic rings. The van der Waals surface area contributed by atoms with Crippen molar-refractivity contribution >= 4 is 39.2 Å². The van der Waals surface area contributed by atoms with Crippen LogP contribution in [0.1, 0.15) is 72.1 Å². The maximum Gasteiger partial charge on any atom is 0.339 e. The monoisotopic (exact) mass is 750 g/mol. The Labute approximate surface area is 295 Å². The molecule has 0 heterocycles. The first-order chi connectivity index (χ1) is 23.8. The van der Waals surface area contributed by atoms with Gasteiger partial charge in [-0.3, -0.25) is 4.79 Å². The van der Waals surface area contributed by atoms with Gasteiger partial charge in [0.2, 0.25) is 21.7 Å². The van der Waals surface area contributed by atoms with Crippen molar-refractivity contribution in [3.05, 3.63) is 123 Å². The number of carbonyl (C=O) groups is 2. The number of amides is 1. The molecule has 1 fully saturated rings. The van der Waals surface area contributed by atoms with Crippen LogP contribution in [-0.2, 0) is 33.3 Å². The molecule has 1 aliphatic carbocycles. The second kappa shape index (κ2) is 14.2. The molecule has 8 nitrogen and oxygen atoms in total. The molecule has 4 aromatic carbocycles. The largest absolute Gasteiger partial charge is 0.507 e. The van der Waals surface area contributed by atoms with Crippen molar-refractivity contribution in [2.75, 3.05) is 11.4 Å². The van der Waals surface area contributed by atoms with Gasteiger partial charge in [-0.1, -0.05) is 62.7 Å². The van der Waals surface area contributed by atoms with Gasteiger partial charge in [-0.25, -0.2) is 35.2 Å². The molecule has 1 amide bonds. The Balaban J connectivity index is 1.64. The van der Waals surface area contributed by atoms with Gasteiger partial charge in [0.1, 0.15) is 11.3 Å². The smallest absolute Gasteiger partial charge is 0.339 e. The molecule has 51 heavy (non-hydrogen) atoms. The van der Waals surface area contributed by atoms with Crippen LogP contribution in [0.25, 0.3) is 0 Å². The number of aromatic carboxylic acids is 1. The predicted molar refractivity (Wildman–Crippen MR) is 179 cm³/mol. The van der Waals surface area contributed by atoms with E-state index in [9.17, 15) is 50.2 Å². The molecule has 5 rings (SSSR count). The number of benzene rings is 4. The molecule has 4 aromatic rings.